The molecule has 0 fully saturated rings. The van der Waals surface area contributed by atoms with Gasteiger partial charge < -0.3 is 17.0 Å². The van der Waals surface area contributed by atoms with Gasteiger partial charge in [-0.05, 0) is 12.1 Å². The third-order valence-electron chi connectivity index (χ3n) is 1.15. The van der Waals surface area contributed by atoms with Crippen LogP contribution in [0.25, 0.3) is 11.2 Å². The van der Waals surface area contributed by atoms with Crippen molar-refractivity contribution in [2.24, 2.45) is 0 Å². The molecule has 0 spiro atoms. The zero-order chi connectivity index (χ0) is 6.97. The van der Waals surface area contributed by atoms with Gasteiger partial charge in [-0.1, -0.05) is 0 Å². The number of fused-ring (bicyclic) bond motifs is 1. The molecule has 0 saturated heterocycles. The number of oxazole rings is 1. The average molecular weight is 151 g/mol. The summed E-state index contributed by atoms with van der Waals surface area (Å²) in [5, 5.41) is 0.244. The number of hydrogen-bond donors (Lipinski definition) is 0. The van der Waals surface area contributed by atoms with Crippen LogP contribution < -0.4 is 0 Å². The van der Waals surface area contributed by atoms with E-state index in [9.17, 15) is 0 Å². The maximum absolute atomic E-state index is 4.96. The molecular weight excluding hydrogens is 148 g/mol. The van der Waals surface area contributed by atoms with E-state index in [0.717, 1.165) is 0 Å². The average Bonchev–Trinajstić information content (AvgIpc) is 2.27. The van der Waals surface area contributed by atoms with Crippen LogP contribution in [0.2, 0.25) is 0 Å². The molecule has 0 aliphatic rings. The molecular formula is C6H3N2OS-. The van der Waals surface area contributed by atoms with E-state index in [2.05, 4.69) is 9.97 Å². The van der Waals surface area contributed by atoms with E-state index in [4.69, 9.17) is 17.0 Å². The number of rotatable bonds is 0. The minimum Gasteiger partial charge on any atom is -0.721 e. The summed E-state index contributed by atoms with van der Waals surface area (Å²) in [5.41, 5.74) is 1.22. The zero-order valence-electron chi connectivity index (χ0n) is 4.94. The second-order valence-corrected chi connectivity index (χ2v) is 2.16. The highest BCUT2D eigenvalue weighted by molar-refractivity contribution is 7.58. The van der Waals surface area contributed by atoms with Gasteiger partial charge in [-0.15, -0.1) is 0 Å². The van der Waals surface area contributed by atoms with Crippen molar-refractivity contribution >= 4 is 23.9 Å². The molecule has 0 bridgehead atoms. The van der Waals surface area contributed by atoms with E-state index in [1.807, 2.05) is 6.07 Å². The molecule has 0 saturated carbocycles. The van der Waals surface area contributed by atoms with Crippen molar-refractivity contribution in [1.29, 1.82) is 0 Å². The van der Waals surface area contributed by atoms with Crippen LogP contribution >= 0.6 is 0 Å². The molecule has 3 nitrogen and oxygen atoms in total. The topological polar surface area (TPSA) is 38.9 Å². The van der Waals surface area contributed by atoms with Crippen LogP contribution in [0, 0.1) is 0 Å². The first-order chi connectivity index (χ1) is 4.86. The SMILES string of the molecule is [S-]c1nc2cccnc2o1. The molecule has 0 aromatic carbocycles. The van der Waals surface area contributed by atoms with Crippen molar-refractivity contribution in [3.8, 4) is 0 Å². The van der Waals surface area contributed by atoms with Crippen LogP contribution in [0.3, 0.4) is 0 Å². The molecule has 10 heavy (non-hydrogen) atoms. The Labute approximate surface area is 62.5 Å². The number of aromatic nitrogens is 2. The molecule has 0 aliphatic heterocycles. The van der Waals surface area contributed by atoms with Crippen molar-refractivity contribution in [3.05, 3.63) is 18.3 Å². The lowest BCUT2D eigenvalue weighted by Crippen LogP contribution is -1.69. The zero-order valence-corrected chi connectivity index (χ0v) is 5.76. The predicted octanol–water partition coefficient (Wildman–Crippen LogP) is 1.13. The Morgan fingerprint density at radius 1 is 1.50 bits per heavy atom. The van der Waals surface area contributed by atoms with Gasteiger partial charge in [0.2, 0.25) is 5.71 Å². The molecule has 2 aromatic heterocycles. The van der Waals surface area contributed by atoms with Crippen LogP contribution in [-0.2, 0) is 12.6 Å². The van der Waals surface area contributed by atoms with Gasteiger partial charge in [0.1, 0.15) is 5.52 Å². The summed E-state index contributed by atoms with van der Waals surface area (Å²) in [4.78, 5) is 7.80. The van der Waals surface area contributed by atoms with Crippen molar-refractivity contribution < 1.29 is 4.42 Å². The van der Waals surface area contributed by atoms with Gasteiger partial charge in [0, 0.05) is 6.20 Å². The van der Waals surface area contributed by atoms with Crippen molar-refractivity contribution in [2.45, 2.75) is 5.22 Å². The molecule has 0 unspecified atom stereocenters. The summed E-state index contributed by atoms with van der Waals surface area (Å²) >= 11 is 4.70. The second-order valence-electron chi connectivity index (χ2n) is 1.81. The van der Waals surface area contributed by atoms with Gasteiger partial charge in [0.25, 0.3) is 0 Å². The Hall–Kier alpha value is -1.16. The number of nitrogens with zero attached hydrogens (tertiary/aromatic N) is 2. The third kappa shape index (κ3) is 0.733. The Kier molecular flexibility index (Phi) is 1.07. The summed E-state index contributed by atoms with van der Waals surface area (Å²) in [6, 6.07) is 3.60. The van der Waals surface area contributed by atoms with Crippen LogP contribution in [0.4, 0.5) is 0 Å². The molecule has 0 aliphatic carbocycles. The van der Waals surface area contributed by atoms with Gasteiger partial charge in [0.15, 0.2) is 0 Å². The Balaban J connectivity index is 2.88. The lowest BCUT2D eigenvalue weighted by Gasteiger charge is -1.87. The highest BCUT2D eigenvalue weighted by Gasteiger charge is 1.95. The van der Waals surface area contributed by atoms with E-state index >= 15 is 0 Å². The molecule has 0 N–H and O–H groups in total. The van der Waals surface area contributed by atoms with Gasteiger partial charge in [-0.2, -0.15) is 0 Å². The Morgan fingerprint density at radius 2 is 2.40 bits per heavy atom. The molecule has 50 valence electrons. The summed E-state index contributed by atoms with van der Waals surface area (Å²) in [5.74, 6) is 0. The highest BCUT2D eigenvalue weighted by Crippen LogP contribution is 2.10. The fourth-order valence-corrected chi connectivity index (χ4v) is 0.927. The lowest BCUT2D eigenvalue weighted by molar-refractivity contribution is 0.483. The smallest absolute Gasteiger partial charge is 0.244 e. The maximum atomic E-state index is 4.96. The largest absolute Gasteiger partial charge is 0.721 e. The minimum absolute atomic E-state index is 0.244. The molecule has 2 rings (SSSR count). The first kappa shape index (κ1) is 5.61. The summed E-state index contributed by atoms with van der Waals surface area (Å²) in [6.45, 7) is 0. The summed E-state index contributed by atoms with van der Waals surface area (Å²) in [6.07, 6.45) is 1.64. The van der Waals surface area contributed by atoms with Crippen molar-refractivity contribution in [2.75, 3.05) is 0 Å². The molecule has 0 radical (unpaired) electrons. The fraction of sp³-hybridized carbons (Fsp3) is 0. The highest BCUT2D eigenvalue weighted by atomic mass is 32.1. The van der Waals surface area contributed by atoms with E-state index in [0.29, 0.717) is 11.2 Å². The quantitative estimate of drug-likeness (QED) is 0.529. The van der Waals surface area contributed by atoms with Crippen LogP contribution in [-0.4, -0.2) is 9.97 Å². The lowest BCUT2D eigenvalue weighted by atomic mass is 10.5. The van der Waals surface area contributed by atoms with Crippen molar-refractivity contribution in [3.63, 3.8) is 0 Å². The van der Waals surface area contributed by atoms with Crippen LogP contribution in [0.15, 0.2) is 28.0 Å². The first-order valence-corrected chi connectivity index (χ1v) is 3.15. The normalized spacial score (nSPS) is 10.4. The summed E-state index contributed by atoms with van der Waals surface area (Å²) < 4.78 is 4.96. The molecule has 2 aromatic rings. The summed E-state index contributed by atoms with van der Waals surface area (Å²) in [7, 11) is 0. The minimum atomic E-state index is 0.244. The Morgan fingerprint density at radius 3 is 3.20 bits per heavy atom. The number of pyridine rings is 1. The standard InChI is InChI=1S/C6H4N2OS/c10-6-8-4-2-1-3-7-5(4)9-6/h1-3H,(H,8,10)/p-1. The molecule has 2 heterocycles. The van der Waals surface area contributed by atoms with Gasteiger partial charge >= 0.3 is 0 Å². The monoisotopic (exact) mass is 151 g/mol. The molecule has 4 heteroatoms. The number of hydrogen-bond acceptors (Lipinski definition) is 4. The maximum Gasteiger partial charge on any atom is 0.244 e. The van der Waals surface area contributed by atoms with E-state index in [1.54, 1.807) is 12.3 Å². The van der Waals surface area contributed by atoms with E-state index < -0.39 is 0 Å². The van der Waals surface area contributed by atoms with Gasteiger partial charge in [0.05, 0.1) is 5.22 Å². The van der Waals surface area contributed by atoms with E-state index in [-0.39, 0.29) is 5.22 Å². The van der Waals surface area contributed by atoms with Crippen molar-refractivity contribution in [1.82, 2.24) is 9.97 Å². The second kappa shape index (κ2) is 1.91. The van der Waals surface area contributed by atoms with Gasteiger partial charge in [-0.25, -0.2) is 9.97 Å². The predicted molar refractivity (Wildman–Crippen MR) is 37.4 cm³/mol. The third-order valence-corrected chi connectivity index (χ3v) is 1.32. The molecule has 0 atom stereocenters. The van der Waals surface area contributed by atoms with Crippen LogP contribution in [0.1, 0.15) is 0 Å². The Bertz CT molecular complexity index is 324. The molecule has 0 amide bonds. The first-order valence-electron chi connectivity index (χ1n) is 2.75. The van der Waals surface area contributed by atoms with Gasteiger partial charge in [-0.3, -0.25) is 0 Å². The van der Waals surface area contributed by atoms with Crippen LogP contribution in [0.5, 0.6) is 0 Å². The van der Waals surface area contributed by atoms with E-state index in [1.165, 1.54) is 0 Å². The fourth-order valence-electron chi connectivity index (χ4n) is 0.750.